The zero-order valence-corrected chi connectivity index (χ0v) is 8.19. The minimum Gasteiger partial charge on any atom is -0.476 e. The van der Waals surface area contributed by atoms with Crippen LogP contribution in [0.5, 0.6) is 0 Å². The van der Waals surface area contributed by atoms with Crippen molar-refractivity contribution in [3.8, 4) is 12.3 Å². The van der Waals surface area contributed by atoms with Crippen molar-refractivity contribution >= 4 is 5.97 Å². The first-order valence-corrected chi connectivity index (χ1v) is 4.57. The summed E-state index contributed by atoms with van der Waals surface area (Å²) >= 11 is 0. The monoisotopic (exact) mass is 208 g/mol. The van der Waals surface area contributed by atoms with Gasteiger partial charge in [-0.25, -0.2) is 4.79 Å². The molecular formula is C10H12N2O3. The van der Waals surface area contributed by atoms with Gasteiger partial charge < -0.3 is 14.9 Å². The van der Waals surface area contributed by atoms with E-state index in [2.05, 4.69) is 16.4 Å². The number of rotatable bonds is 6. The minimum atomic E-state index is -1.09. The van der Waals surface area contributed by atoms with Crippen LogP contribution >= 0.6 is 0 Å². The molecule has 0 saturated heterocycles. The highest BCUT2D eigenvalue weighted by molar-refractivity contribution is 5.85. The molecule has 0 aliphatic heterocycles. The first kappa shape index (κ1) is 11.3. The zero-order valence-electron chi connectivity index (χ0n) is 8.19. The first-order chi connectivity index (χ1) is 7.24. The Morgan fingerprint density at radius 3 is 3.13 bits per heavy atom. The molecule has 0 bridgehead atoms. The second-order valence-electron chi connectivity index (χ2n) is 2.97. The van der Waals surface area contributed by atoms with Crippen LogP contribution in [0.1, 0.15) is 29.1 Å². The van der Waals surface area contributed by atoms with Gasteiger partial charge in [-0.15, -0.1) is 12.3 Å². The Kier molecular flexibility index (Phi) is 4.38. The Hall–Kier alpha value is -1.80. The van der Waals surface area contributed by atoms with E-state index in [0.29, 0.717) is 12.3 Å². The lowest BCUT2D eigenvalue weighted by molar-refractivity contribution is 0.0685. The average molecular weight is 208 g/mol. The van der Waals surface area contributed by atoms with Crippen molar-refractivity contribution in [2.75, 3.05) is 6.54 Å². The van der Waals surface area contributed by atoms with E-state index in [9.17, 15) is 4.79 Å². The molecule has 0 fully saturated rings. The quantitative estimate of drug-likeness (QED) is 0.536. The summed E-state index contributed by atoms with van der Waals surface area (Å²) < 4.78 is 4.80. The van der Waals surface area contributed by atoms with Crippen LogP contribution in [0.3, 0.4) is 0 Å². The van der Waals surface area contributed by atoms with E-state index in [1.807, 2.05) is 0 Å². The third-order valence-electron chi connectivity index (χ3n) is 1.75. The molecule has 5 heteroatoms. The Labute approximate surface area is 87.5 Å². The Morgan fingerprint density at radius 1 is 1.73 bits per heavy atom. The standard InChI is InChI=1S/C10H12N2O3/c1-2-3-4-5-11-7-8-6-9(10(13)14)12-15-8/h1,6,11H,3-5,7H2,(H,13,14). The van der Waals surface area contributed by atoms with E-state index in [1.54, 1.807) is 0 Å². The number of terminal acetylenes is 1. The second-order valence-corrected chi connectivity index (χ2v) is 2.97. The van der Waals surface area contributed by atoms with Gasteiger partial charge in [-0.1, -0.05) is 5.16 Å². The molecule has 0 saturated carbocycles. The molecule has 0 aliphatic carbocycles. The number of unbranched alkanes of at least 4 members (excludes halogenated alkanes) is 1. The van der Waals surface area contributed by atoms with Crippen molar-refractivity contribution in [2.24, 2.45) is 0 Å². The lowest BCUT2D eigenvalue weighted by Crippen LogP contribution is -2.13. The Morgan fingerprint density at radius 2 is 2.53 bits per heavy atom. The molecule has 0 unspecified atom stereocenters. The fourth-order valence-electron chi connectivity index (χ4n) is 1.02. The fourth-order valence-corrected chi connectivity index (χ4v) is 1.02. The summed E-state index contributed by atoms with van der Waals surface area (Å²) in [6.07, 6.45) is 6.70. The van der Waals surface area contributed by atoms with Crippen LogP contribution in [-0.4, -0.2) is 22.8 Å². The number of hydrogen-bond acceptors (Lipinski definition) is 4. The molecule has 2 N–H and O–H groups in total. The SMILES string of the molecule is C#CCCCNCc1cc(C(=O)O)no1. The lowest BCUT2D eigenvalue weighted by Gasteiger charge is -1.98. The molecule has 0 amide bonds. The number of carboxylic acids is 1. The van der Waals surface area contributed by atoms with Crippen LogP contribution in [0, 0.1) is 12.3 Å². The van der Waals surface area contributed by atoms with Crippen molar-refractivity contribution < 1.29 is 14.4 Å². The van der Waals surface area contributed by atoms with Crippen LogP contribution < -0.4 is 5.32 Å². The average Bonchev–Trinajstić information content (AvgIpc) is 2.66. The van der Waals surface area contributed by atoms with Gasteiger partial charge in [0.1, 0.15) is 0 Å². The highest BCUT2D eigenvalue weighted by Crippen LogP contribution is 2.02. The van der Waals surface area contributed by atoms with Crippen LogP contribution in [0.25, 0.3) is 0 Å². The van der Waals surface area contributed by atoms with Crippen LogP contribution in [0.2, 0.25) is 0 Å². The van der Waals surface area contributed by atoms with E-state index in [0.717, 1.165) is 19.4 Å². The lowest BCUT2D eigenvalue weighted by atomic mass is 10.3. The summed E-state index contributed by atoms with van der Waals surface area (Å²) in [6.45, 7) is 1.23. The zero-order chi connectivity index (χ0) is 11.1. The molecule has 80 valence electrons. The Bertz CT molecular complexity index is 365. The first-order valence-electron chi connectivity index (χ1n) is 4.57. The Balaban J connectivity index is 2.26. The van der Waals surface area contributed by atoms with E-state index < -0.39 is 5.97 Å². The molecule has 0 radical (unpaired) electrons. The third kappa shape index (κ3) is 3.83. The fraction of sp³-hybridized carbons (Fsp3) is 0.400. The molecule has 1 heterocycles. The maximum atomic E-state index is 10.5. The number of carbonyl (C=O) groups is 1. The molecule has 1 rings (SSSR count). The van der Waals surface area contributed by atoms with Crippen LogP contribution in [-0.2, 0) is 6.54 Å². The van der Waals surface area contributed by atoms with Gasteiger partial charge in [0.25, 0.3) is 0 Å². The topological polar surface area (TPSA) is 75.4 Å². The van der Waals surface area contributed by atoms with Gasteiger partial charge in [0.2, 0.25) is 0 Å². The van der Waals surface area contributed by atoms with E-state index in [-0.39, 0.29) is 5.69 Å². The highest BCUT2D eigenvalue weighted by Gasteiger charge is 2.09. The molecule has 0 aromatic carbocycles. The van der Waals surface area contributed by atoms with E-state index >= 15 is 0 Å². The summed E-state index contributed by atoms with van der Waals surface area (Å²) in [5.74, 6) is 1.95. The number of aromatic nitrogens is 1. The number of nitrogens with one attached hydrogen (secondary N) is 1. The summed E-state index contributed by atoms with van der Waals surface area (Å²) in [6, 6.07) is 1.40. The highest BCUT2D eigenvalue weighted by atomic mass is 16.5. The van der Waals surface area contributed by atoms with E-state index in [4.69, 9.17) is 16.1 Å². The summed E-state index contributed by atoms with van der Waals surface area (Å²) in [7, 11) is 0. The maximum Gasteiger partial charge on any atom is 0.358 e. The van der Waals surface area contributed by atoms with Gasteiger partial charge in [-0.05, 0) is 13.0 Å². The molecule has 0 aliphatic rings. The molecule has 1 aromatic heterocycles. The molecule has 0 spiro atoms. The molecule has 15 heavy (non-hydrogen) atoms. The maximum absolute atomic E-state index is 10.5. The number of aromatic carboxylic acids is 1. The van der Waals surface area contributed by atoms with Crippen molar-refractivity contribution in [1.82, 2.24) is 10.5 Å². The second kappa shape index (κ2) is 5.83. The molecule has 0 atom stereocenters. The number of hydrogen-bond donors (Lipinski definition) is 2. The van der Waals surface area contributed by atoms with E-state index in [1.165, 1.54) is 6.07 Å². The van der Waals surface area contributed by atoms with Gasteiger partial charge in [-0.2, -0.15) is 0 Å². The van der Waals surface area contributed by atoms with Crippen molar-refractivity contribution in [2.45, 2.75) is 19.4 Å². The summed E-state index contributed by atoms with van der Waals surface area (Å²) in [5, 5.41) is 15.0. The van der Waals surface area contributed by atoms with Crippen LogP contribution in [0.15, 0.2) is 10.6 Å². The third-order valence-corrected chi connectivity index (χ3v) is 1.75. The summed E-state index contributed by atoms with van der Waals surface area (Å²) in [4.78, 5) is 10.5. The smallest absolute Gasteiger partial charge is 0.358 e. The predicted molar refractivity (Wildman–Crippen MR) is 53.2 cm³/mol. The van der Waals surface area contributed by atoms with Crippen molar-refractivity contribution in [1.29, 1.82) is 0 Å². The minimum absolute atomic E-state index is 0.0737. The number of nitrogens with zero attached hydrogens (tertiary/aromatic N) is 1. The number of carboxylic acid groups (broad SMARTS) is 1. The normalized spacial score (nSPS) is 9.80. The molecule has 1 aromatic rings. The predicted octanol–water partition coefficient (Wildman–Crippen LogP) is 0.876. The van der Waals surface area contributed by atoms with Gasteiger partial charge in [-0.3, -0.25) is 0 Å². The van der Waals surface area contributed by atoms with Crippen molar-refractivity contribution in [3.05, 3.63) is 17.5 Å². The summed E-state index contributed by atoms with van der Waals surface area (Å²) in [5.41, 5.74) is -0.0737. The van der Waals surface area contributed by atoms with Gasteiger partial charge in [0, 0.05) is 12.5 Å². The van der Waals surface area contributed by atoms with Crippen LogP contribution in [0.4, 0.5) is 0 Å². The van der Waals surface area contributed by atoms with Gasteiger partial charge in [0.15, 0.2) is 11.5 Å². The molecular weight excluding hydrogens is 196 g/mol. The largest absolute Gasteiger partial charge is 0.476 e. The van der Waals surface area contributed by atoms with Crippen molar-refractivity contribution in [3.63, 3.8) is 0 Å². The van der Waals surface area contributed by atoms with Gasteiger partial charge in [0.05, 0.1) is 6.54 Å². The van der Waals surface area contributed by atoms with Gasteiger partial charge >= 0.3 is 5.97 Å². The molecule has 5 nitrogen and oxygen atoms in total.